The molecule has 1 aromatic heterocycles. The number of ether oxygens (including phenoxy) is 1. The molecule has 34 heavy (non-hydrogen) atoms. The molecule has 4 heteroatoms. The molecule has 0 aliphatic carbocycles. The molecule has 5 aromatic rings. The van der Waals surface area contributed by atoms with Crippen LogP contribution in [0.4, 0.5) is 11.4 Å². The van der Waals surface area contributed by atoms with Crippen LogP contribution >= 0.6 is 0 Å². The van der Waals surface area contributed by atoms with Crippen LogP contribution in [-0.4, -0.2) is 22.8 Å². The number of aromatic nitrogens is 1. The Morgan fingerprint density at radius 2 is 1.50 bits per heavy atom. The lowest BCUT2D eigenvalue weighted by molar-refractivity contribution is 0.373. The van der Waals surface area contributed by atoms with Crippen LogP contribution in [0.15, 0.2) is 91.0 Å². The number of fused-ring (bicyclic) bond motifs is 4. The molecule has 2 unspecified atom stereocenters. The Labute approximate surface area is 199 Å². The van der Waals surface area contributed by atoms with Gasteiger partial charge in [-0.2, -0.15) is 0 Å². The number of rotatable bonds is 4. The minimum atomic E-state index is 0.164. The number of hydrogen-bond donors (Lipinski definition) is 1. The molecule has 1 aliphatic rings. The number of para-hydroxylation sites is 3. The molecule has 6 rings (SSSR count). The first kappa shape index (κ1) is 20.7. The molecule has 0 saturated carbocycles. The highest BCUT2D eigenvalue weighted by Crippen LogP contribution is 2.47. The second kappa shape index (κ2) is 8.14. The molecule has 0 saturated heterocycles. The molecule has 4 aromatic carbocycles. The van der Waals surface area contributed by atoms with Crippen LogP contribution in [0.25, 0.3) is 21.8 Å². The number of methoxy groups -OCH3 is 1. The number of nitrogens with zero attached hydrogens (tertiary/aromatic N) is 2. The van der Waals surface area contributed by atoms with Gasteiger partial charge in [-0.25, -0.2) is 0 Å². The van der Waals surface area contributed by atoms with Crippen LogP contribution in [-0.2, 0) is 0 Å². The molecule has 4 nitrogen and oxygen atoms in total. The van der Waals surface area contributed by atoms with E-state index in [4.69, 9.17) is 4.74 Å². The van der Waals surface area contributed by atoms with Crippen LogP contribution in [0.5, 0.6) is 11.5 Å². The van der Waals surface area contributed by atoms with Gasteiger partial charge < -0.3 is 19.3 Å². The Hall–Kier alpha value is -3.92. The van der Waals surface area contributed by atoms with Crippen LogP contribution in [0.3, 0.4) is 0 Å². The predicted molar refractivity (Wildman–Crippen MR) is 140 cm³/mol. The van der Waals surface area contributed by atoms with Crippen molar-refractivity contribution in [3.63, 3.8) is 0 Å². The summed E-state index contributed by atoms with van der Waals surface area (Å²) in [4.78, 5) is 2.39. The van der Waals surface area contributed by atoms with Crippen LogP contribution in [0.2, 0.25) is 0 Å². The van der Waals surface area contributed by atoms with Crippen molar-refractivity contribution in [2.45, 2.75) is 31.8 Å². The number of anilines is 2. The summed E-state index contributed by atoms with van der Waals surface area (Å²) in [5.74, 6) is 0.655. The zero-order valence-corrected chi connectivity index (χ0v) is 19.5. The maximum atomic E-state index is 10.5. The third-order valence-electron chi connectivity index (χ3n) is 7.26. The van der Waals surface area contributed by atoms with Crippen LogP contribution in [0.1, 0.15) is 31.4 Å². The quantitative estimate of drug-likeness (QED) is 0.311. The molecule has 0 amide bonds. The van der Waals surface area contributed by atoms with Gasteiger partial charge in [0.05, 0.1) is 13.2 Å². The number of phenols is 1. The Balaban J connectivity index is 1.57. The van der Waals surface area contributed by atoms with E-state index in [1.807, 2.05) is 18.2 Å². The smallest absolute Gasteiger partial charge is 0.160 e. The molecule has 170 valence electrons. The van der Waals surface area contributed by atoms with Gasteiger partial charge in [0.1, 0.15) is 0 Å². The standard InChI is InChI=1S/C30H28N2O2/c1-3-20-18-28(32-25-13-7-4-10-22(25)23-11-5-8-14-26(23)32)24-12-6-9-15-27(24)31(20)21-16-17-30(34-2)29(33)19-21/h4-17,19-20,28,33H,3,18H2,1-2H3. The van der Waals surface area contributed by atoms with Crippen molar-refractivity contribution in [2.24, 2.45) is 0 Å². The maximum absolute atomic E-state index is 10.5. The second-order valence-electron chi connectivity index (χ2n) is 9.00. The lowest BCUT2D eigenvalue weighted by atomic mass is 9.88. The lowest BCUT2D eigenvalue weighted by Gasteiger charge is -2.43. The molecule has 0 bridgehead atoms. The van der Waals surface area contributed by atoms with Gasteiger partial charge in [-0.1, -0.05) is 61.5 Å². The summed E-state index contributed by atoms with van der Waals surface area (Å²) in [6.45, 7) is 2.25. The average Bonchev–Trinajstić information content (AvgIpc) is 3.22. The highest BCUT2D eigenvalue weighted by molar-refractivity contribution is 6.08. The number of phenolic OH excluding ortho intramolecular Hbond substituents is 1. The summed E-state index contributed by atoms with van der Waals surface area (Å²) in [6.07, 6.45) is 1.97. The van der Waals surface area contributed by atoms with Gasteiger partial charge in [0, 0.05) is 45.3 Å². The third kappa shape index (κ3) is 3.06. The highest BCUT2D eigenvalue weighted by atomic mass is 16.5. The van der Waals surface area contributed by atoms with Gasteiger partial charge in [0.15, 0.2) is 11.5 Å². The summed E-state index contributed by atoms with van der Waals surface area (Å²) in [7, 11) is 1.58. The van der Waals surface area contributed by atoms with Gasteiger partial charge in [-0.05, 0) is 48.7 Å². The fourth-order valence-corrected chi connectivity index (χ4v) is 5.74. The first-order chi connectivity index (χ1) is 16.7. The molecular weight excluding hydrogens is 420 g/mol. The van der Waals surface area contributed by atoms with Gasteiger partial charge in [-0.3, -0.25) is 0 Å². The van der Waals surface area contributed by atoms with E-state index < -0.39 is 0 Å². The SMILES string of the molecule is CCC1CC(n2c3ccccc3c3ccccc32)c2ccccc2N1c1ccc(OC)c(O)c1. The Bertz CT molecular complexity index is 1450. The second-order valence-corrected chi connectivity index (χ2v) is 9.00. The minimum absolute atomic E-state index is 0.164. The summed E-state index contributed by atoms with van der Waals surface area (Å²) in [6, 6.07) is 32.4. The van der Waals surface area contributed by atoms with Crippen LogP contribution in [0, 0.1) is 0 Å². The minimum Gasteiger partial charge on any atom is -0.504 e. The van der Waals surface area contributed by atoms with Crippen molar-refractivity contribution in [3.05, 3.63) is 96.6 Å². The Kier molecular flexibility index (Phi) is 4.95. The van der Waals surface area contributed by atoms with E-state index >= 15 is 0 Å². The van der Waals surface area contributed by atoms with Gasteiger partial charge >= 0.3 is 0 Å². The number of aromatic hydroxyl groups is 1. The van der Waals surface area contributed by atoms with Crippen molar-refractivity contribution < 1.29 is 9.84 Å². The summed E-state index contributed by atoms with van der Waals surface area (Å²) in [5.41, 5.74) is 6.02. The van der Waals surface area contributed by atoms with Crippen molar-refractivity contribution in [2.75, 3.05) is 12.0 Å². The third-order valence-corrected chi connectivity index (χ3v) is 7.26. The summed E-state index contributed by atoms with van der Waals surface area (Å²) >= 11 is 0. The van der Waals surface area contributed by atoms with E-state index in [1.165, 1.54) is 33.1 Å². The van der Waals surface area contributed by atoms with Crippen LogP contribution < -0.4 is 9.64 Å². The van der Waals surface area contributed by atoms with Crippen molar-refractivity contribution in [1.29, 1.82) is 0 Å². The summed E-state index contributed by atoms with van der Waals surface area (Å²) < 4.78 is 7.82. The van der Waals surface area contributed by atoms with Crippen molar-refractivity contribution in [1.82, 2.24) is 4.57 Å². The van der Waals surface area contributed by atoms with E-state index in [1.54, 1.807) is 7.11 Å². The first-order valence-electron chi connectivity index (χ1n) is 11.9. The Morgan fingerprint density at radius 1 is 0.853 bits per heavy atom. The molecule has 1 N–H and O–H groups in total. The first-order valence-corrected chi connectivity index (χ1v) is 11.9. The van der Waals surface area contributed by atoms with Gasteiger partial charge in [0.25, 0.3) is 0 Å². The largest absolute Gasteiger partial charge is 0.504 e. The van der Waals surface area contributed by atoms with E-state index in [0.717, 1.165) is 18.5 Å². The van der Waals surface area contributed by atoms with Gasteiger partial charge in [0.2, 0.25) is 0 Å². The molecule has 2 heterocycles. The summed E-state index contributed by atoms with van der Waals surface area (Å²) in [5, 5.41) is 13.1. The monoisotopic (exact) mass is 448 g/mol. The fraction of sp³-hybridized carbons (Fsp3) is 0.200. The zero-order chi connectivity index (χ0) is 23.2. The maximum Gasteiger partial charge on any atom is 0.160 e. The van der Waals surface area contributed by atoms with Crippen molar-refractivity contribution in [3.8, 4) is 11.5 Å². The lowest BCUT2D eigenvalue weighted by Crippen LogP contribution is -2.38. The molecule has 0 radical (unpaired) electrons. The Morgan fingerprint density at radius 3 is 2.15 bits per heavy atom. The van der Waals surface area contributed by atoms with Crippen molar-refractivity contribution >= 4 is 33.2 Å². The van der Waals surface area contributed by atoms with Gasteiger partial charge in [-0.15, -0.1) is 0 Å². The van der Waals surface area contributed by atoms with E-state index in [2.05, 4.69) is 89.2 Å². The number of benzene rings is 4. The zero-order valence-electron chi connectivity index (χ0n) is 19.5. The predicted octanol–water partition coefficient (Wildman–Crippen LogP) is 7.42. The van der Waals surface area contributed by atoms with E-state index in [9.17, 15) is 5.11 Å². The molecule has 0 spiro atoms. The average molecular weight is 449 g/mol. The molecule has 0 fully saturated rings. The highest BCUT2D eigenvalue weighted by Gasteiger charge is 2.34. The van der Waals surface area contributed by atoms with E-state index in [-0.39, 0.29) is 17.8 Å². The topological polar surface area (TPSA) is 37.6 Å². The molecule has 1 aliphatic heterocycles. The molecule has 2 atom stereocenters. The fourth-order valence-electron chi connectivity index (χ4n) is 5.74. The number of hydrogen-bond acceptors (Lipinski definition) is 3. The molecular formula is C30H28N2O2. The normalized spacial score (nSPS) is 17.8. The van der Waals surface area contributed by atoms with E-state index in [0.29, 0.717) is 5.75 Å².